The highest BCUT2D eigenvalue weighted by atomic mass is 16.3. The van der Waals surface area contributed by atoms with E-state index in [0.717, 1.165) is 26.1 Å². The van der Waals surface area contributed by atoms with Crippen molar-refractivity contribution in [3.05, 3.63) is 0 Å². The predicted molar refractivity (Wildman–Crippen MR) is 54.8 cm³/mol. The van der Waals surface area contributed by atoms with Gasteiger partial charge in [-0.05, 0) is 40.3 Å². The molecule has 1 fully saturated rings. The Morgan fingerprint density at radius 2 is 2.23 bits per heavy atom. The van der Waals surface area contributed by atoms with Crippen molar-refractivity contribution in [3.8, 4) is 0 Å². The molecule has 0 aliphatic carbocycles. The van der Waals surface area contributed by atoms with Gasteiger partial charge in [0.05, 0.1) is 5.60 Å². The fourth-order valence-electron chi connectivity index (χ4n) is 1.65. The summed E-state index contributed by atoms with van der Waals surface area (Å²) in [5.74, 6) is 0. The Morgan fingerprint density at radius 3 is 2.69 bits per heavy atom. The summed E-state index contributed by atoms with van der Waals surface area (Å²) >= 11 is 0. The van der Waals surface area contributed by atoms with Crippen LogP contribution in [0.3, 0.4) is 0 Å². The first-order chi connectivity index (χ1) is 5.99. The molecule has 0 spiro atoms. The zero-order valence-electron chi connectivity index (χ0n) is 9.01. The van der Waals surface area contributed by atoms with Crippen molar-refractivity contribution in [1.82, 2.24) is 10.2 Å². The Labute approximate surface area is 81.1 Å². The van der Waals surface area contributed by atoms with E-state index in [-0.39, 0.29) is 0 Å². The second kappa shape index (κ2) is 4.40. The van der Waals surface area contributed by atoms with Gasteiger partial charge in [-0.1, -0.05) is 0 Å². The van der Waals surface area contributed by atoms with Gasteiger partial charge in [0.1, 0.15) is 0 Å². The molecule has 13 heavy (non-hydrogen) atoms. The minimum atomic E-state index is -0.527. The van der Waals surface area contributed by atoms with Crippen LogP contribution in [0.2, 0.25) is 0 Å². The Kier molecular flexibility index (Phi) is 3.71. The van der Waals surface area contributed by atoms with E-state index >= 15 is 0 Å². The van der Waals surface area contributed by atoms with Crippen LogP contribution < -0.4 is 5.32 Å². The average molecular weight is 186 g/mol. The number of rotatable bonds is 4. The highest BCUT2D eigenvalue weighted by molar-refractivity contribution is 4.79. The van der Waals surface area contributed by atoms with Gasteiger partial charge >= 0.3 is 0 Å². The molecule has 1 unspecified atom stereocenters. The third-order valence-electron chi connectivity index (χ3n) is 2.73. The Hall–Kier alpha value is -0.120. The van der Waals surface area contributed by atoms with Crippen molar-refractivity contribution in [3.63, 3.8) is 0 Å². The number of hydrogen-bond donors (Lipinski definition) is 2. The van der Waals surface area contributed by atoms with Crippen LogP contribution in [0.15, 0.2) is 0 Å². The first kappa shape index (κ1) is 11.0. The van der Waals surface area contributed by atoms with Crippen LogP contribution >= 0.6 is 0 Å². The van der Waals surface area contributed by atoms with Crippen molar-refractivity contribution in [2.24, 2.45) is 0 Å². The normalized spacial score (nSPS) is 24.2. The maximum absolute atomic E-state index is 9.57. The minimum Gasteiger partial charge on any atom is -0.390 e. The summed E-state index contributed by atoms with van der Waals surface area (Å²) in [6.07, 6.45) is 2.09. The van der Waals surface area contributed by atoms with Gasteiger partial charge in [-0.15, -0.1) is 0 Å². The van der Waals surface area contributed by atoms with E-state index in [0.29, 0.717) is 6.04 Å². The second-order valence-corrected chi connectivity index (χ2v) is 4.69. The van der Waals surface area contributed by atoms with Crippen LogP contribution in [-0.2, 0) is 0 Å². The lowest BCUT2D eigenvalue weighted by atomic mass is 10.1. The molecule has 0 bridgehead atoms. The third kappa shape index (κ3) is 4.07. The summed E-state index contributed by atoms with van der Waals surface area (Å²) in [4.78, 5) is 2.35. The van der Waals surface area contributed by atoms with Crippen LogP contribution in [-0.4, -0.2) is 48.3 Å². The highest BCUT2D eigenvalue weighted by Crippen LogP contribution is 2.11. The molecule has 0 aromatic carbocycles. The zero-order chi connectivity index (χ0) is 9.90. The van der Waals surface area contributed by atoms with E-state index in [1.54, 1.807) is 0 Å². The van der Waals surface area contributed by atoms with E-state index < -0.39 is 5.60 Å². The molecule has 1 aliphatic rings. The Bertz CT molecular complexity index is 147. The molecule has 2 N–H and O–H groups in total. The lowest BCUT2D eigenvalue weighted by Crippen LogP contribution is -2.37. The number of hydrogen-bond acceptors (Lipinski definition) is 3. The molecule has 0 radical (unpaired) electrons. The van der Waals surface area contributed by atoms with E-state index in [4.69, 9.17) is 0 Å². The van der Waals surface area contributed by atoms with Gasteiger partial charge in [0.15, 0.2) is 0 Å². The van der Waals surface area contributed by atoms with E-state index in [1.165, 1.54) is 6.42 Å². The standard InChI is InChI=1S/C10H22N2O/c1-10(2,13)5-7-12(3)9-4-6-11-8-9/h9,11,13H,4-8H2,1-3H3. The molecule has 3 heteroatoms. The smallest absolute Gasteiger partial charge is 0.0603 e. The molecule has 0 saturated carbocycles. The van der Waals surface area contributed by atoms with Gasteiger partial charge < -0.3 is 15.3 Å². The first-order valence-corrected chi connectivity index (χ1v) is 5.12. The van der Waals surface area contributed by atoms with Crippen LogP contribution in [0.25, 0.3) is 0 Å². The molecule has 0 amide bonds. The molecular formula is C10H22N2O. The van der Waals surface area contributed by atoms with Crippen LogP contribution in [0.5, 0.6) is 0 Å². The first-order valence-electron chi connectivity index (χ1n) is 5.12. The molecule has 1 aliphatic heterocycles. The second-order valence-electron chi connectivity index (χ2n) is 4.69. The van der Waals surface area contributed by atoms with Crippen molar-refractivity contribution in [1.29, 1.82) is 0 Å². The molecule has 1 atom stereocenters. The fourth-order valence-corrected chi connectivity index (χ4v) is 1.65. The molecular weight excluding hydrogens is 164 g/mol. The third-order valence-corrected chi connectivity index (χ3v) is 2.73. The summed E-state index contributed by atoms with van der Waals surface area (Å²) in [6.45, 7) is 6.96. The maximum atomic E-state index is 9.57. The molecule has 1 saturated heterocycles. The monoisotopic (exact) mass is 186 g/mol. The molecule has 1 heterocycles. The van der Waals surface area contributed by atoms with Crippen molar-refractivity contribution in [2.45, 2.75) is 38.3 Å². The van der Waals surface area contributed by atoms with Gasteiger partial charge in [0.25, 0.3) is 0 Å². The quantitative estimate of drug-likeness (QED) is 0.669. The van der Waals surface area contributed by atoms with Crippen molar-refractivity contribution < 1.29 is 5.11 Å². The molecule has 78 valence electrons. The predicted octanol–water partition coefficient (Wildman–Crippen LogP) is 0.441. The highest BCUT2D eigenvalue weighted by Gasteiger charge is 2.21. The number of nitrogens with zero attached hydrogens (tertiary/aromatic N) is 1. The molecule has 1 rings (SSSR count). The number of nitrogens with one attached hydrogen (secondary N) is 1. The Morgan fingerprint density at radius 1 is 1.54 bits per heavy atom. The fraction of sp³-hybridized carbons (Fsp3) is 1.00. The summed E-state index contributed by atoms with van der Waals surface area (Å²) in [5.41, 5.74) is -0.527. The van der Waals surface area contributed by atoms with Gasteiger partial charge in [-0.3, -0.25) is 0 Å². The summed E-state index contributed by atoms with van der Waals surface area (Å²) in [7, 11) is 2.14. The number of aliphatic hydroxyl groups is 1. The molecule has 3 nitrogen and oxygen atoms in total. The average Bonchev–Trinajstić information content (AvgIpc) is 2.50. The molecule has 0 aromatic rings. The van der Waals surface area contributed by atoms with Crippen LogP contribution in [0.1, 0.15) is 26.7 Å². The van der Waals surface area contributed by atoms with Gasteiger partial charge in [-0.2, -0.15) is 0 Å². The summed E-state index contributed by atoms with van der Waals surface area (Å²) < 4.78 is 0. The van der Waals surface area contributed by atoms with E-state index in [1.807, 2.05) is 13.8 Å². The van der Waals surface area contributed by atoms with Crippen molar-refractivity contribution in [2.75, 3.05) is 26.7 Å². The number of likely N-dealkylation sites (N-methyl/N-ethyl adjacent to an activating group) is 1. The topological polar surface area (TPSA) is 35.5 Å². The lowest BCUT2D eigenvalue weighted by molar-refractivity contribution is 0.0566. The van der Waals surface area contributed by atoms with Gasteiger partial charge in [0, 0.05) is 19.1 Å². The lowest BCUT2D eigenvalue weighted by Gasteiger charge is -2.26. The summed E-state index contributed by atoms with van der Waals surface area (Å²) in [5, 5.41) is 12.9. The maximum Gasteiger partial charge on any atom is 0.0603 e. The minimum absolute atomic E-state index is 0.527. The Balaban J connectivity index is 2.20. The largest absolute Gasteiger partial charge is 0.390 e. The van der Waals surface area contributed by atoms with Crippen LogP contribution in [0, 0.1) is 0 Å². The van der Waals surface area contributed by atoms with E-state index in [2.05, 4.69) is 17.3 Å². The van der Waals surface area contributed by atoms with Gasteiger partial charge in [0.2, 0.25) is 0 Å². The summed E-state index contributed by atoms with van der Waals surface area (Å²) in [6, 6.07) is 0.669. The SMILES string of the molecule is CN(CCC(C)(C)O)C1CCNC1. The van der Waals surface area contributed by atoms with Crippen LogP contribution in [0.4, 0.5) is 0 Å². The zero-order valence-corrected chi connectivity index (χ0v) is 9.01. The van der Waals surface area contributed by atoms with E-state index in [9.17, 15) is 5.11 Å². The van der Waals surface area contributed by atoms with Crippen molar-refractivity contribution >= 4 is 0 Å². The van der Waals surface area contributed by atoms with Gasteiger partial charge in [-0.25, -0.2) is 0 Å². The molecule has 0 aromatic heterocycles.